The van der Waals surface area contributed by atoms with Gasteiger partial charge in [0.15, 0.2) is 9.84 Å². The van der Waals surface area contributed by atoms with Crippen LogP contribution in [-0.2, 0) is 14.6 Å². The quantitative estimate of drug-likeness (QED) is 0.716. The standard InChI is InChI=1S/C10H14N2O5S/c13-9(14)3-7-4-12(5-7)10(15)11-8-1-2-18(16,17)6-8/h1-2,7-8H,3-6H2,(H,11,15)(H,13,14). The predicted octanol–water partition coefficient (Wildman–Crippen LogP) is -0.587. The number of amides is 2. The predicted molar refractivity (Wildman–Crippen MR) is 62.6 cm³/mol. The van der Waals surface area contributed by atoms with Crippen LogP contribution >= 0.6 is 0 Å². The van der Waals surface area contributed by atoms with Crippen LogP contribution in [0.2, 0.25) is 0 Å². The Labute approximate surface area is 104 Å². The third kappa shape index (κ3) is 3.00. The van der Waals surface area contributed by atoms with Crippen LogP contribution in [0, 0.1) is 5.92 Å². The lowest BCUT2D eigenvalue weighted by atomic mass is 9.97. The minimum atomic E-state index is -3.17. The number of urea groups is 1. The van der Waals surface area contributed by atoms with Gasteiger partial charge in [0.05, 0.1) is 18.2 Å². The first kappa shape index (κ1) is 12.9. The number of hydrogen-bond donors (Lipinski definition) is 2. The van der Waals surface area contributed by atoms with Gasteiger partial charge in [-0.2, -0.15) is 0 Å². The Bertz CT molecular complexity index is 492. The first-order valence-electron chi connectivity index (χ1n) is 5.54. The molecule has 0 spiro atoms. The van der Waals surface area contributed by atoms with Crippen molar-refractivity contribution in [1.82, 2.24) is 10.2 Å². The molecule has 0 bridgehead atoms. The molecule has 2 amide bonds. The summed E-state index contributed by atoms with van der Waals surface area (Å²) in [6.07, 6.45) is 1.50. The van der Waals surface area contributed by atoms with E-state index in [4.69, 9.17) is 5.11 Å². The van der Waals surface area contributed by atoms with Crippen molar-refractivity contribution in [3.8, 4) is 0 Å². The van der Waals surface area contributed by atoms with Crippen molar-refractivity contribution in [2.75, 3.05) is 18.8 Å². The van der Waals surface area contributed by atoms with E-state index < -0.39 is 21.8 Å². The van der Waals surface area contributed by atoms with E-state index in [9.17, 15) is 18.0 Å². The maximum absolute atomic E-state index is 11.7. The Kier molecular flexibility index (Phi) is 3.29. The molecule has 2 rings (SSSR count). The van der Waals surface area contributed by atoms with Crippen molar-refractivity contribution in [3.63, 3.8) is 0 Å². The van der Waals surface area contributed by atoms with Crippen molar-refractivity contribution in [2.45, 2.75) is 12.5 Å². The molecule has 1 saturated heterocycles. The van der Waals surface area contributed by atoms with Gasteiger partial charge in [0, 0.05) is 24.4 Å². The molecule has 2 aliphatic rings. The number of nitrogens with one attached hydrogen (secondary N) is 1. The van der Waals surface area contributed by atoms with Crippen LogP contribution in [0.4, 0.5) is 4.79 Å². The fourth-order valence-electron chi connectivity index (χ4n) is 2.03. The lowest BCUT2D eigenvalue weighted by Crippen LogP contribution is -2.56. The lowest BCUT2D eigenvalue weighted by molar-refractivity contribution is -0.139. The second kappa shape index (κ2) is 4.60. The monoisotopic (exact) mass is 274 g/mol. The first-order valence-corrected chi connectivity index (χ1v) is 7.25. The molecule has 1 atom stereocenters. The van der Waals surface area contributed by atoms with E-state index >= 15 is 0 Å². The molecule has 7 nitrogen and oxygen atoms in total. The minimum absolute atomic E-state index is 0.00361. The highest BCUT2D eigenvalue weighted by molar-refractivity contribution is 7.94. The van der Waals surface area contributed by atoms with E-state index in [0.29, 0.717) is 13.1 Å². The molecule has 2 N–H and O–H groups in total. The van der Waals surface area contributed by atoms with Gasteiger partial charge in [-0.15, -0.1) is 0 Å². The van der Waals surface area contributed by atoms with Gasteiger partial charge in [-0.05, 0) is 6.08 Å². The van der Waals surface area contributed by atoms with E-state index in [1.165, 1.54) is 11.0 Å². The molecule has 0 aliphatic carbocycles. The summed E-state index contributed by atoms with van der Waals surface area (Å²) in [5.41, 5.74) is 0. The Morgan fingerprint density at radius 1 is 1.39 bits per heavy atom. The SMILES string of the molecule is O=C(O)CC1CN(C(=O)NC2C=CS(=O)(=O)C2)C1. The minimum Gasteiger partial charge on any atom is -0.481 e. The number of aliphatic carboxylic acids is 1. The summed E-state index contributed by atoms with van der Waals surface area (Å²) in [6.45, 7) is 0.808. The van der Waals surface area contributed by atoms with Gasteiger partial charge in [-0.25, -0.2) is 13.2 Å². The molecule has 2 heterocycles. The van der Waals surface area contributed by atoms with Gasteiger partial charge in [0.2, 0.25) is 0 Å². The molecule has 1 fully saturated rings. The lowest BCUT2D eigenvalue weighted by Gasteiger charge is -2.38. The average molecular weight is 274 g/mol. The fraction of sp³-hybridized carbons (Fsp3) is 0.600. The molecule has 0 aromatic rings. The van der Waals surface area contributed by atoms with Crippen LogP contribution in [0.1, 0.15) is 6.42 Å². The summed E-state index contributed by atoms with van der Waals surface area (Å²) in [4.78, 5) is 23.6. The molecule has 0 saturated carbocycles. The normalized spacial score (nSPS) is 25.8. The Balaban J connectivity index is 1.75. The van der Waals surface area contributed by atoms with Crippen molar-refractivity contribution in [3.05, 3.63) is 11.5 Å². The second-order valence-corrected chi connectivity index (χ2v) is 6.51. The molecular weight excluding hydrogens is 260 g/mol. The van der Waals surface area contributed by atoms with Crippen LogP contribution in [-0.4, -0.2) is 55.3 Å². The average Bonchev–Trinajstić information content (AvgIpc) is 2.50. The Morgan fingerprint density at radius 2 is 2.06 bits per heavy atom. The molecule has 0 aromatic carbocycles. The number of carbonyl (C=O) groups is 2. The highest BCUT2D eigenvalue weighted by Crippen LogP contribution is 2.19. The van der Waals surface area contributed by atoms with Gasteiger partial charge < -0.3 is 15.3 Å². The van der Waals surface area contributed by atoms with Crippen LogP contribution < -0.4 is 5.32 Å². The maximum Gasteiger partial charge on any atom is 0.317 e. The number of carboxylic acids is 1. The number of carbonyl (C=O) groups excluding carboxylic acids is 1. The molecule has 1 unspecified atom stereocenters. The first-order chi connectivity index (χ1) is 8.35. The van der Waals surface area contributed by atoms with E-state index in [-0.39, 0.29) is 24.1 Å². The van der Waals surface area contributed by atoms with Crippen molar-refractivity contribution >= 4 is 21.8 Å². The highest BCUT2D eigenvalue weighted by atomic mass is 32.2. The molecule has 2 aliphatic heterocycles. The topological polar surface area (TPSA) is 104 Å². The summed E-state index contributed by atoms with van der Waals surface area (Å²) < 4.78 is 22.3. The molecule has 0 radical (unpaired) electrons. The highest BCUT2D eigenvalue weighted by Gasteiger charge is 2.33. The van der Waals surface area contributed by atoms with Crippen LogP contribution in [0.5, 0.6) is 0 Å². The van der Waals surface area contributed by atoms with E-state index in [1.54, 1.807) is 0 Å². The smallest absolute Gasteiger partial charge is 0.317 e. The number of hydrogen-bond acceptors (Lipinski definition) is 4. The summed E-state index contributed by atoms with van der Waals surface area (Å²) >= 11 is 0. The van der Waals surface area contributed by atoms with Crippen molar-refractivity contribution < 1.29 is 23.1 Å². The number of carboxylic acid groups (broad SMARTS) is 1. The molecule has 18 heavy (non-hydrogen) atoms. The van der Waals surface area contributed by atoms with Crippen molar-refractivity contribution in [1.29, 1.82) is 0 Å². The van der Waals surface area contributed by atoms with Gasteiger partial charge >= 0.3 is 12.0 Å². The fourth-order valence-corrected chi connectivity index (χ4v) is 3.26. The Morgan fingerprint density at radius 3 is 2.56 bits per heavy atom. The van der Waals surface area contributed by atoms with Crippen molar-refractivity contribution in [2.24, 2.45) is 5.92 Å². The second-order valence-electron chi connectivity index (χ2n) is 4.58. The van der Waals surface area contributed by atoms with Gasteiger partial charge in [-0.3, -0.25) is 4.79 Å². The summed E-state index contributed by atoms with van der Waals surface area (Å²) in [6, 6.07) is -0.829. The van der Waals surface area contributed by atoms with Gasteiger partial charge in [0.1, 0.15) is 0 Å². The molecular formula is C10H14N2O5S. The van der Waals surface area contributed by atoms with Crippen LogP contribution in [0.25, 0.3) is 0 Å². The zero-order valence-electron chi connectivity index (χ0n) is 9.57. The number of sulfone groups is 1. The van der Waals surface area contributed by atoms with E-state index in [0.717, 1.165) is 5.41 Å². The van der Waals surface area contributed by atoms with Gasteiger partial charge in [-0.1, -0.05) is 0 Å². The molecule has 0 aromatic heterocycles. The number of likely N-dealkylation sites (tertiary alicyclic amines) is 1. The van der Waals surface area contributed by atoms with Gasteiger partial charge in [0.25, 0.3) is 0 Å². The Hall–Kier alpha value is -1.57. The number of nitrogens with zero attached hydrogens (tertiary/aromatic N) is 1. The van der Waals surface area contributed by atoms with E-state index in [1.807, 2.05) is 0 Å². The van der Waals surface area contributed by atoms with Crippen LogP contribution in [0.15, 0.2) is 11.5 Å². The third-order valence-electron chi connectivity index (χ3n) is 2.95. The molecule has 8 heteroatoms. The third-order valence-corrected chi connectivity index (χ3v) is 4.34. The summed E-state index contributed by atoms with van der Waals surface area (Å²) in [5.74, 6) is -0.980. The maximum atomic E-state index is 11.7. The zero-order chi connectivity index (χ0) is 13.3. The van der Waals surface area contributed by atoms with Crippen LogP contribution in [0.3, 0.4) is 0 Å². The largest absolute Gasteiger partial charge is 0.481 e. The summed E-state index contributed by atoms with van der Waals surface area (Å²) in [7, 11) is -3.17. The molecule has 100 valence electrons. The zero-order valence-corrected chi connectivity index (χ0v) is 10.4. The number of rotatable bonds is 3. The summed E-state index contributed by atoms with van der Waals surface area (Å²) in [5, 5.41) is 12.2. The van der Waals surface area contributed by atoms with E-state index in [2.05, 4.69) is 5.32 Å².